The average molecular weight is 424 g/mol. The van der Waals surface area contributed by atoms with E-state index in [1.54, 1.807) is 4.90 Å². The van der Waals surface area contributed by atoms with Gasteiger partial charge in [0.15, 0.2) is 12.0 Å². The number of nitriles is 2. The van der Waals surface area contributed by atoms with Gasteiger partial charge in [-0.15, -0.1) is 0 Å². The number of amides is 1. The summed E-state index contributed by atoms with van der Waals surface area (Å²) < 4.78 is 10.4. The molecular weight excluding hydrogens is 394 g/mol. The highest BCUT2D eigenvalue weighted by molar-refractivity contribution is 5.71. The predicted octanol–water partition coefficient (Wildman–Crippen LogP) is 3.88. The maximum atomic E-state index is 12.9. The van der Waals surface area contributed by atoms with Gasteiger partial charge >= 0.3 is 12.1 Å². The van der Waals surface area contributed by atoms with Gasteiger partial charge in [-0.1, -0.05) is 30.1 Å². The second-order valence-corrected chi connectivity index (χ2v) is 8.99. The molecule has 0 aliphatic carbocycles. The molecule has 0 saturated carbocycles. The molecule has 0 spiro atoms. The van der Waals surface area contributed by atoms with Crippen LogP contribution < -0.4 is 0 Å². The number of esters is 1. The number of carbonyl (C=O) groups is 2. The van der Waals surface area contributed by atoms with Crippen LogP contribution in [0.15, 0.2) is 23.8 Å². The Bertz CT molecular complexity index is 919. The number of carbonyl (C=O) groups excluding carboxylic acids is 2. The zero-order valence-corrected chi connectivity index (χ0v) is 18.8. The fourth-order valence-corrected chi connectivity index (χ4v) is 4.18. The topological polar surface area (TPSA) is 103 Å². The molecule has 1 fully saturated rings. The lowest BCUT2D eigenvalue weighted by molar-refractivity contribution is -0.139. The maximum absolute atomic E-state index is 12.9. The van der Waals surface area contributed by atoms with Crippen LogP contribution in [0.3, 0.4) is 0 Å². The lowest BCUT2D eigenvalue weighted by Crippen LogP contribution is -2.51. The van der Waals surface area contributed by atoms with E-state index in [4.69, 9.17) is 9.47 Å². The summed E-state index contributed by atoms with van der Waals surface area (Å²) in [6, 6.07) is 3.83. The molecule has 1 amide bonds. The Balaban J connectivity index is 2.41. The van der Waals surface area contributed by atoms with Gasteiger partial charge in [0.25, 0.3) is 0 Å². The van der Waals surface area contributed by atoms with E-state index < -0.39 is 23.1 Å². The van der Waals surface area contributed by atoms with Crippen LogP contribution in [0, 0.1) is 45.8 Å². The minimum Gasteiger partial charge on any atom is -0.453 e. The number of rotatable bonds is 4. The van der Waals surface area contributed by atoms with Crippen molar-refractivity contribution >= 4 is 12.1 Å². The Morgan fingerprint density at radius 1 is 1.19 bits per heavy atom. The number of hydrogen-bond donors (Lipinski definition) is 0. The van der Waals surface area contributed by atoms with E-state index in [1.165, 1.54) is 6.92 Å². The van der Waals surface area contributed by atoms with Crippen LogP contribution >= 0.6 is 0 Å². The molecule has 7 nitrogen and oxygen atoms in total. The third-order valence-corrected chi connectivity index (χ3v) is 5.40. The van der Waals surface area contributed by atoms with Crippen molar-refractivity contribution < 1.29 is 19.1 Å². The first-order valence-corrected chi connectivity index (χ1v) is 10.3. The van der Waals surface area contributed by atoms with Gasteiger partial charge < -0.3 is 9.47 Å². The van der Waals surface area contributed by atoms with Crippen LogP contribution in [0.5, 0.6) is 0 Å². The van der Waals surface area contributed by atoms with Crippen molar-refractivity contribution in [3.05, 3.63) is 23.8 Å². The van der Waals surface area contributed by atoms with E-state index in [2.05, 4.69) is 30.6 Å². The monoisotopic (exact) mass is 423 g/mol. The molecule has 164 valence electrons. The summed E-state index contributed by atoms with van der Waals surface area (Å²) in [6.45, 7) is 12.6. The Labute approximate surface area is 184 Å². The molecule has 1 saturated heterocycles. The molecule has 7 heteroatoms. The van der Waals surface area contributed by atoms with Crippen LogP contribution in [0.2, 0.25) is 0 Å². The maximum Gasteiger partial charge on any atom is 0.411 e. The van der Waals surface area contributed by atoms with Gasteiger partial charge in [-0.05, 0) is 46.1 Å². The van der Waals surface area contributed by atoms with Gasteiger partial charge in [0, 0.05) is 25.3 Å². The number of ether oxygens (including phenoxy) is 2. The molecule has 0 N–H and O–H groups in total. The van der Waals surface area contributed by atoms with Crippen LogP contribution in [0.1, 0.15) is 53.9 Å². The third-order valence-electron chi connectivity index (χ3n) is 5.40. The van der Waals surface area contributed by atoms with Gasteiger partial charge in [0.05, 0.1) is 18.2 Å². The fraction of sp³-hybridized carbons (Fsp3) is 0.583. The second kappa shape index (κ2) is 9.27. The van der Waals surface area contributed by atoms with E-state index in [0.717, 1.165) is 18.4 Å². The molecule has 31 heavy (non-hydrogen) atoms. The van der Waals surface area contributed by atoms with Gasteiger partial charge in [0.2, 0.25) is 0 Å². The van der Waals surface area contributed by atoms with Crippen molar-refractivity contribution in [3.8, 4) is 24.0 Å². The van der Waals surface area contributed by atoms with Gasteiger partial charge in [0.1, 0.15) is 5.60 Å². The molecule has 0 aromatic rings. The summed E-state index contributed by atoms with van der Waals surface area (Å²) in [5.41, 5.74) is -0.694. The molecule has 3 atom stereocenters. The molecule has 2 bridgehead atoms. The zero-order chi connectivity index (χ0) is 23.4. The summed E-state index contributed by atoms with van der Waals surface area (Å²) >= 11 is 0. The molecule has 1 unspecified atom stereocenters. The van der Waals surface area contributed by atoms with Gasteiger partial charge in [-0.3, -0.25) is 9.69 Å². The van der Waals surface area contributed by atoms with Crippen molar-refractivity contribution in [2.45, 2.75) is 71.6 Å². The number of fused-ring (bicyclic) bond motifs is 2. The highest BCUT2D eigenvalue weighted by atomic mass is 16.6. The minimum absolute atomic E-state index is 0.0250. The Kier molecular flexibility index (Phi) is 7.19. The van der Waals surface area contributed by atoms with Crippen molar-refractivity contribution in [2.24, 2.45) is 11.3 Å². The molecule has 2 rings (SSSR count). The molecule has 2 aliphatic heterocycles. The Morgan fingerprint density at radius 2 is 1.84 bits per heavy atom. The number of nitrogens with zero attached hydrogens (tertiary/aromatic N) is 3. The largest absolute Gasteiger partial charge is 0.453 e. The molecule has 0 aromatic heterocycles. The number of hydrogen-bond acceptors (Lipinski definition) is 6. The lowest BCUT2D eigenvalue weighted by Gasteiger charge is -2.43. The average Bonchev–Trinajstić information content (AvgIpc) is 2.96. The van der Waals surface area contributed by atoms with Crippen LogP contribution in [0.4, 0.5) is 4.79 Å². The minimum atomic E-state index is -1.48. The summed E-state index contributed by atoms with van der Waals surface area (Å²) in [4.78, 5) is 25.5. The predicted molar refractivity (Wildman–Crippen MR) is 114 cm³/mol. The van der Waals surface area contributed by atoms with Crippen molar-refractivity contribution in [1.29, 1.82) is 10.5 Å². The smallest absolute Gasteiger partial charge is 0.411 e. The van der Waals surface area contributed by atoms with E-state index in [0.29, 0.717) is 5.57 Å². The standard InChI is InChI=1S/C24H29N3O4/c1-16(2)21-19(24(14-25,15-26)11-7-8-12-30-17(3)28)13-18-9-10-20(21)27(18)22(29)31-23(4,5)6/h13,18,20-21H,1,9-12H2,2-6H3/t18?,20-,21+/m0/s1. The first-order chi connectivity index (χ1) is 14.5. The molecule has 0 aromatic carbocycles. The Hall–Kier alpha value is -3.24. The normalized spacial score (nSPS) is 22.2. The first-order valence-electron chi connectivity index (χ1n) is 10.3. The quantitative estimate of drug-likeness (QED) is 0.386. The van der Waals surface area contributed by atoms with E-state index in [-0.39, 0.29) is 31.0 Å². The van der Waals surface area contributed by atoms with Crippen LogP contribution in [-0.4, -0.2) is 41.3 Å². The third kappa shape index (κ3) is 5.28. The summed E-state index contributed by atoms with van der Waals surface area (Å²) in [5.74, 6) is 4.70. The summed E-state index contributed by atoms with van der Waals surface area (Å²) in [7, 11) is 0. The fourth-order valence-electron chi connectivity index (χ4n) is 4.18. The molecule has 2 heterocycles. The molecule has 0 radical (unpaired) electrons. The highest BCUT2D eigenvalue weighted by Gasteiger charge is 2.52. The van der Waals surface area contributed by atoms with Crippen LogP contribution in [-0.2, 0) is 14.3 Å². The van der Waals surface area contributed by atoms with Crippen molar-refractivity contribution in [2.75, 3.05) is 6.61 Å². The van der Waals surface area contributed by atoms with E-state index in [1.807, 2.05) is 33.8 Å². The second-order valence-electron chi connectivity index (χ2n) is 8.99. The van der Waals surface area contributed by atoms with Crippen LogP contribution in [0.25, 0.3) is 0 Å². The lowest BCUT2D eigenvalue weighted by atomic mass is 9.68. The van der Waals surface area contributed by atoms with E-state index >= 15 is 0 Å². The SMILES string of the molecule is C=C(C)[C@@H]1C(C(C#N)(C#N)CC#CCOC(C)=O)=CC2CC[C@@H]1N2C(=O)OC(C)(C)C. The van der Waals surface area contributed by atoms with Gasteiger partial charge in [-0.2, -0.15) is 10.5 Å². The first kappa shape index (κ1) is 24.0. The molecule has 2 aliphatic rings. The van der Waals surface area contributed by atoms with Gasteiger partial charge in [-0.25, -0.2) is 4.79 Å². The summed E-state index contributed by atoms with van der Waals surface area (Å²) in [6.07, 6.45) is 2.88. The molecular formula is C24H29N3O4. The highest BCUT2D eigenvalue weighted by Crippen LogP contribution is 2.49. The zero-order valence-electron chi connectivity index (χ0n) is 18.8. The van der Waals surface area contributed by atoms with Crippen molar-refractivity contribution in [3.63, 3.8) is 0 Å². The Morgan fingerprint density at radius 3 is 2.35 bits per heavy atom. The van der Waals surface area contributed by atoms with Crippen molar-refractivity contribution in [1.82, 2.24) is 4.90 Å². The van der Waals surface area contributed by atoms with E-state index in [9.17, 15) is 20.1 Å². The summed E-state index contributed by atoms with van der Waals surface area (Å²) in [5, 5.41) is 20.0.